The van der Waals surface area contributed by atoms with Gasteiger partial charge in [-0.05, 0) is 17.2 Å². The maximum absolute atomic E-state index is 10.7. The van der Waals surface area contributed by atoms with Crippen molar-refractivity contribution in [3.8, 4) is 0 Å². The third kappa shape index (κ3) is 5.31. The van der Waals surface area contributed by atoms with Crippen LogP contribution in [0.15, 0.2) is 36.7 Å². The Morgan fingerprint density at radius 1 is 1.19 bits per heavy atom. The van der Waals surface area contributed by atoms with E-state index in [1.165, 1.54) is 15.7 Å². The average Bonchev–Trinajstić information content (AvgIpc) is 3.59. The van der Waals surface area contributed by atoms with Gasteiger partial charge in [-0.25, -0.2) is 4.98 Å². The molecule has 0 radical (unpaired) electrons. The summed E-state index contributed by atoms with van der Waals surface area (Å²) in [7, 11) is 1.58. The smallest absolute Gasteiger partial charge is 0.290 e. The van der Waals surface area contributed by atoms with Gasteiger partial charge in [0.25, 0.3) is 6.47 Å². The highest BCUT2D eigenvalue weighted by molar-refractivity contribution is 5.83. The first-order valence-electron chi connectivity index (χ1n) is 11.1. The van der Waals surface area contributed by atoms with Crippen molar-refractivity contribution in [3.05, 3.63) is 48.0 Å². The van der Waals surface area contributed by atoms with Crippen LogP contribution in [0.3, 0.4) is 0 Å². The van der Waals surface area contributed by atoms with E-state index in [4.69, 9.17) is 20.4 Å². The number of carboxylic acid groups (broad SMARTS) is 1. The number of anilines is 2. The van der Waals surface area contributed by atoms with Crippen molar-refractivity contribution in [3.63, 3.8) is 0 Å². The van der Waals surface area contributed by atoms with Crippen molar-refractivity contribution in [2.75, 3.05) is 23.9 Å². The summed E-state index contributed by atoms with van der Waals surface area (Å²) < 4.78 is 7.36. The van der Waals surface area contributed by atoms with Crippen molar-refractivity contribution in [2.24, 2.45) is 7.05 Å². The normalized spacial score (nSPS) is 21.0. The molecule has 1 aliphatic heterocycles. The lowest BCUT2D eigenvalue weighted by molar-refractivity contribution is -0.122. The molecule has 4 heterocycles. The van der Waals surface area contributed by atoms with E-state index in [0.29, 0.717) is 18.5 Å². The summed E-state index contributed by atoms with van der Waals surface area (Å²) in [6, 6.07) is 9.82. The number of imidazole rings is 1. The van der Waals surface area contributed by atoms with Crippen LogP contribution in [0.4, 0.5) is 11.8 Å². The Bertz CT molecular complexity index is 1330. The van der Waals surface area contributed by atoms with E-state index in [0.717, 1.165) is 5.56 Å². The van der Waals surface area contributed by atoms with Gasteiger partial charge < -0.3 is 35.8 Å². The summed E-state index contributed by atoms with van der Waals surface area (Å²) in [6.07, 6.45) is -2.60. The molecule has 1 aromatic carbocycles. The van der Waals surface area contributed by atoms with Crippen LogP contribution in [0.2, 0.25) is 0 Å². The second-order valence-electron chi connectivity index (χ2n) is 8.04. The number of rotatable bonds is 7. The third-order valence-electron chi connectivity index (χ3n) is 5.69. The predicted octanol–water partition coefficient (Wildman–Crippen LogP) is -1.38. The van der Waals surface area contributed by atoms with Gasteiger partial charge in [-0.15, -0.1) is 10.2 Å². The van der Waals surface area contributed by atoms with E-state index in [-0.39, 0.29) is 36.4 Å². The first-order valence-corrected chi connectivity index (χ1v) is 11.1. The summed E-state index contributed by atoms with van der Waals surface area (Å²) >= 11 is 0. The lowest BCUT2D eigenvalue weighted by atomic mass is 10.1. The highest BCUT2D eigenvalue weighted by Crippen LogP contribution is 2.38. The van der Waals surface area contributed by atoms with Crippen LogP contribution < -0.4 is 10.6 Å². The molecule has 1 fully saturated rings. The second kappa shape index (κ2) is 11.2. The lowest BCUT2D eigenvalue weighted by Crippen LogP contribution is -2.30. The standard InChI is InChI=1S/C20H24N10O4.CH2O2/c1-28-26-17(25-27-28)15-13(32)14(33)19(34-15)30-9-22-12-16(21)23-20(24-18(12)30)29(10-31)8-7-11-5-3-2-4-6-11;2-1-3/h2-6,9,13-15,19,31-33H,7-8,10H2,1H3,(H2,21,23,24);1H,(H,2,3)/t13-,14+,15-,19+;/m0./s1. The predicted molar refractivity (Wildman–Crippen MR) is 127 cm³/mol. The maximum atomic E-state index is 10.7. The van der Waals surface area contributed by atoms with Gasteiger partial charge in [0.05, 0.1) is 13.4 Å². The summed E-state index contributed by atoms with van der Waals surface area (Å²) in [5, 5.41) is 49.8. The highest BCUT2D eigenvalue weighted by atomic mass is 16.6. The zero-order chi connectivity index (χ0) is 26.5. The zero-order valence-electron chi connectivity index (χ0n) is 19.7. The Balaban J connectivity index is 0.00000102. The van der Waals surface area contributed by atoms with Gasteiger partial charge in [-0.1, -0.05) is 30.3 Å². The molecular formula is C21H26N10O6. The second-order valence-corrected chi connectivity index (χ2v) is 8.04. The van der Waals surface area contributed by atoms with E-state index in [1.807, 2.05) is 30.3 Å². The summed E-state index contributed by atoms with van der Waals surface area (Å²) in [6.45, 7) is -0.130. The Morgan fingerprint density at radius 2 is 1.92 bits per heavy atom. The minimum Gasteiger partial charge on any atom is -0.483 e. The van der Waals surface area contributed by atoms with E-state index in [1.54, 1.807) is 11.9 Å². The molecule has 1 aliphatic rings. The van der Waals surface area contributed by atoms with Crippen LogP contribution in [0.1, 0.15) is 23.7 Å². The molecule has 16 nitrogen and oxygen atoms in total. The van der Waals surface area contributed by atoms with E-state index < -0.39 is 24.5 Å². The molecular weight excluding hydrogens is 488 g/mol. The number of fused-ring (bicyclic) bond motifs is 1. The summed E-state index contributed by atoms with van der Waals surface area (Å²) in [5.74, 6) is 0.450. The minimum absolute atomic E-state index is 0.108. The molecule has 1 saturated heterocycles. The summed E-state index contributed by atoms with van der Waals surface area (Å²) in [5.41, 5.74) is 7.81. The quantitative estimate of drug-likeness (QED) is 0.142. The molecule has 5 rings (SSSR count). The van der Waals surface area contributed by atoms with Crippen LogP contribution in [-0.2, 0) is 23.0 Å². The molecule has 6 N–H and O–H groups in total. The number of hydrogen-bond donors (Lipinski definition) is 5. The Hall–Kier alpha value is -4.25. The van der Waals surface area contributed by atoms with Crippen LogP contribution >= 0.6 is 0 Å². The summed E-state index contributed by atoms with van der Waals surface area (Å²) in [4.78, 5) is 24.3. The van der Waals surface area contributed by atoms with Crippen LogP contribution in [0, 0.1) is 0 Å². The number of nitrogens with two attached hydrogens (primary N) is 1. The number of aryl methyl sites for hydroxylation is 1. The van der Waals surface area contributed by atoms with Gasteiger partial charge in [-0.3, -0.25) is 9.36 Å². The molecule has 3 aromatic heterocycles. The van der Waals surface area contributed by atoms with Crippen molar-refractivity contribution >= 4 is 29.4 Å². The Morgan fingerprint density at radius 3 is 2.57 bits per heavy atom. The number of hydrogen-bond acceptors (Lipinski definition) is 13. The Kier molecular flexibility index (Phi) is 7.83. The van der Waals surface area contributed by atoms with Crippen molar-refractivity contribution < 1.29 is 30.0 Å². The number of carbonyl (C=O) groups is 1. The number of nitrogen functional groups attached to an aromatic ring is 1. The van der Waals surface area contributed by atoms with Crippen molar-refractivity contribution in [1.82, 2.24) is 39.7 Å². The van der Waals surface area contributed by atoms with E-state index in [9.17, 15) is 15.3 Å². The number of ether oxygens (including phenoxy) is 1. The molecule has 0 amide bonds. The van der Waals surface area contributed by atoms with Crippen molar-refractivity contribution in [2.45, 2.75) is 31.0 Å². The Labute approximate surface area is 209 Å². The molecule has 0 bridgehead atoms. The fourth-order valence-electron chi connectivity index (χ4n) is 3.91. The average molecular weight is 515 g/mol. The van der Waals surface area contributed by atoms with Crippen molar-refractivity contribution in [1.29, 1.82) is 0 Å². The van der Waals surface area contributed by atoms with Crippen LogP contribution in [-0.4, -0.2) is 92.1 Å². The molecule has 37 heavy (non-hydrogen) atoms. The van der Waals surface area contributed by atoms with Gasteiger partial charge in [0.15, 0.2) is 23.8 Å². The molecule has 196 valence electrons. The lowest BCUT2D eigenvalue weighted by Gasteiger charge is -2.21. The molecule has 0 spiro atoms. The van der Waals surface area contributed by atoms with Gasteiger partial charge in [0.2, 0.25) is 11.8 Å². The van der Waals surface area contributed by atoms with Gasteiger partial charge in [0.1, 0.15) is 24.5 Å². The first-order chi connectivity index (χ1) is 17.9. The highest BCUT2D eigenvalue weighted by Gasteiger charge is 2.47. The van der Waals surface area contributed by atoms with Crippen LogP contribution in [0.25, 0.3) is 11.2 Å². The largest absolute Gasteiger partial charge is 0.483 e. The molecule has 0 saturated carbocycles. The fourth-order valence-corrected chi connectivity index (χ4v) is 3.91. The van der Waals surface area contributed by atoms with E-state index in [2.05, 4.69) is 30.4 Å². The van der Waals surface area contributed by atoms with E-state index >= 15 is 0 Å². The molecule has 4 aromatic rings. The number of benzene rings is 1. The third-order valence-corrected chi connectivity index (χ3v) is 5.69. The van der Waals surface area contributed by atoms with Gasteiger partial charge in [-0.2, -0.15) is 14.8 Å². The monoisotopic (exact) mass is 514 g/mol. The molecule has 0 unspecified atom stereocenters. The number of tetrazole rings is 1. The number of aliphatic hydroxyl groups excluding tert-OH is 3. The first kappa shape index (κ1) is 25.8. The molecule has 0 aliphatic carbocycles. The van der Waals surface area contributed by atoms with Crippen LogP contribution in [0.5, 0.6) is 0 Å². The maximum Gasteiger partial charge on any atom is 0.290 e. The number of aliphatic hydroxyl groups is 3. The topological polar surface area (TPSA) is 224 Å². The number of nitrogens with zero attached hydrogens (tertiary/aromatic N) is 9. The minimum atomic E-state index is -1.32. The molecule has 16 heteroatoms. The SMILES string of the molecule is Cn1nnc([C@H]2O[C@@H](n3cnc4c(N)nc(N(CO)CCc5ccccc5)nc43)[C@H](O)[C@@H]2O)n1.O=CO. The van der Waals surface area contributed by atoms with Gasteiger partial charge >= 0.3 is 0 Å². The zero-order valence-corrected chi connectivity index (χ0v) is 19.7. The fraction of sp³-hybridized carbons (Fsp3) is 0.381. The molecule has 4 atom stereocenters. The van der Waals surface area contributed by atoms with Gasteiger partial charge in [0, 0.05) is 6.54 Å². The number of aromatic nitrogens is 8.